The number of ether oxygens (including phenoxy) is 1. The summed E-state index contributed by atoms with van der Waals surface area (Å²) in [6.45, 7) is 0.625. The Kier molecular flexibility index (Phi) is 4.85. The third kappa shape index (κ3) is 3.26. The predicted octanol–water partition coefficient (Wildman–Crippen LogP) is 4.31. The molecule has 6 nitrogen and oxygen atoms in total. The van der Waals surface area contributed by atoms with Crippen molar-refractivity contribution in [3.8, 4) is 5.75 Å². The number of carbonyl (C=O) groups is 2. The third-order valence-corrected chi connectivity index (χ3v) is 5.53. The average molecular weight is 442 g/mol. The molecule has 0 aliphatic carbocycles. The molecule has 0 bridgehead atoms. The summed E-state index contributed by atoms with van der Waals surface area (Å²) in [5.74, 6) is 0.587. The van der Waals surface area contributed by atoms with Crippen molar-refractivity contribution in [1.82, 2.24) is 9.47 Å². The summed E-state index contributed by atoms with van der Waals surface area (Å²) in [5, 5.41) is 0.984. The molecule has 1 fully saturated rings. The van der Waals surface area contributed by atoms with Crippen molar-refractivity contribution in [3.05, 3.63) is 58.7 Å². The van der Waals surface area contributed by atoms with Gasteiger partial charge in [-0.3, -0.25) is 14.6 Å². The first-order chi connectivity index (χ1) is 13.5. The highest BCUT2D eigenvalue weighted by Crippen LogP contribution is 2.33. The van der Waals surface area contributed by atoms with Crippen LogP contribution in [0.15, 0.2) is 53.1 Å². The number of hydrogen-bond acceptors (Lipinski definition) is 3. The number of fused-ring (bicyclic) bond motifs is 1. The minimum absolute atomic E-state index is 0.153. The number of hydrogen-bond donors (Lipinski definition) is 0. The SMILES string of the molecule is COc1ccc(CN2C(=O)CCN(c3cn(C)c4cc(Br)ccc34)C2=O)cc1. The molecule has 0 atom stereocenters. The fourth-order valence-electron chi connectivity index (χ4n) is 3.53. The first kappa shape index (κ1) is 18.6. The number of urea groups is 1. The summed E-state index contributed by atoms with van der Waals surface area (Å²) < 4.78 is 8.14. The van der Waals surface area contributed by atoms with Crippen molar-refractivity contribution in [3.63, 3.8) is 0 Å². The van der Waals surface area contributed by atoms with Gasteiger partial charge in [0.05, 0.1) is 24.9 Å². The van der Waals surface area contributed by atoms with E-state index in [0.29, 0.717) is 13.0 Å². The molecule has 144 valence electrons. The Morgan fingerprint density at radius 2 is 1.86 bits per heavy atom. The fourth-order valence-corrected chi connectivity index (χ4v) is 3.88. The number of anilines is 1. The maximum absolute atomic E-state index is 13.2. The van der Waals surface area contributed by atoms with Crippen LogP contribution in [0.2, 0.25) is 0 Å². The first-order valence-corrected chi connectivity index (χ1v) is 9.76. The minimum Gasteiger partial charge on any atom is -0.497 e. The summed E-state index contributed by atoms with van der Waals surface area (Å²) in [6, 6.07) is 13.1. The Labute approximate surface area is 171 Å². The van der Waals surface area contributed by atoms with E-state index in [4.69, 9.17) is 4.74 Å². The van der Waals surface area contributed by atoms with Crippen LogP contribution in [-0.2, 0) is 18.4 Å². The quantitative estimate of drug-likeness (QED) is 0.605. The van der Waals surface area contributed by atoms with E-state index in [1.165, 1.54) is 4.90 Å². The lowest BCUT2D eigenvalue weighted by molar-refractivity contribution is -0.129. The molecule has 0 N–H and O–H groups in total. The van der Waals surface area contributed by atoms with Crippen LogP contribution >= 0.6 is 15.9 Å². The van der Waals surface area contributed by atoms with Crippen molar-refractivity contribution in [1.29, 1.82) is 0 Å². The van der Waals surface area contributed by atoms with Crippen LogP contribution in [0.3, 0.4) is 0 Å². The monoisotopic (exact) mass is 441 g/mol. The minimum atomic E-state index is -0.289. The van der Waals surface area contributed by atoms with Crippen molar-refractivity contribution in [2.75, 3.05) is 18.6 Å². The van der Waals surface area contributed by atoms with Gasteiger partial charge >= 0.3 is 6.03 Å². The topological polar surface area (TPSA) is 54.8 Å². The number of aryl methyl sites for hydroxylation is 1. The molecule has 28 heavy (non-hydrogen) atoms. The van der Waals surface area contributed by atoms with Crippen molar-refractivity contribution < 1.29 is 14.3 Å². The summed E-state index contributed by atoms with van der Waals surface area (Å²) in [7, 11) is 3.56. The van der Waals surface area contributed by atoms with E-state index in [0.717, 1.165) is 32.4 Å². The van der Waals surface area contributed by atoms with Gasteiger partial charge in [0, 0.05) is 36.1 Å². The summed E-state index contributed by atoms with van der Waals surface area (Å²) in [4.78, 5) is 28.7. The van der Waals surface area contributed by atoms with Gasteiger partial charge < -0.3 is 9.30 Å². The van der Waals surface area contributed by atoms with E-state index < -0.39 is 0 Å². The molecule has 0 unspecified atom stereocenters. The lowest BCUT2D eigenvalue weighted by Crippen LogP contribution is -2.52. The van der Waals surface area contributed by atoms with Gasteiger partial charge in [0.25, 0.3) is 0 Å². The van der Waals surface area contributed by atoms with Crippen LogP contribution in [0.25, 0.3) is 10.9 Å². The van der Waals surface area contributed by atoms with Gasteiger partial charge in [-0.2, -0.15) is 0 Å². The normalized spacial score (nSPS) is 14.8. The lowest BCUT2D eigenvalue weighted by atomic mass is 10.1. The van der Waals surface area contributed by atoms with Crippen molar-refractivity contribution in [2.45, 2.75) is 13.0 Å². The molecule has 2 aromatic carbocycles. The second-order valence-corrected chi connectivity index (χ2v) is 7.71. The lowest BCUT2D eigenvalue weighted by Gasteiger charge is -2.34. The number of aromatic nitrogens is 1. The van der Waals surface area contributed by atoms with Crippen molar-refractivity contribution in [2.24, 2.45) is 7.05 Å². The zero-order chi connectivity index (χ0) is 19.8. The molecular formula is C21H20BrN3O3. The zero-order valence-electron chi connectivity index (χ0n) is 15.7. The number of halogens is 1. The number of imide groups is 1. The molecule has 1 saturated heterocycles. The Morgan fingerprint density at radius 1 is 1.11 bits per heavy atom. The molecule has 0 radical (unpaired) electrons. The van der Waals surface area contributed by atoms with E-state index in [2.05, 4.69) is 15.9 Å². The van der Waals surface area contributed by atoms with E-state index >= 15 is 0 Å². The molecule has 0 saturated carbocycles. The van der Waals surface area contributed by atoms with Gasteiger partial charge in [0.1, 0.15) is 5.75 Å². The maximum atomic E-state index is 13.2. The van der Waals surface area contributed by atoms with Gasteiger partial charge in [0.15, 0.2) is 0 Å². The van der Waals surface area contributed by atoms with E-state index in [9.17, 15) is 9.59 Å². The number of carbonyl (C=O) groups excluding carboxylic acids is 2. The number of methoxy groups -OCH3 is 1. The molecule has 0 spiro atoms. The molecule has 2 heterocycles. The smallest absolute Gasteiger partial charge is 0.331 e. The molecule has 3 aromatic rings. The molecule has 3 amide bonds. The summed E-state index contributed by atoms with van der Waals surface area (Å²) in [5.41, 5.74) is 2.73. The molecule has 4 rings (SSSR count). The van der Waals surface area contributed by atoms with Gasteiger partial charge in [-0.15, -0.1) is 0 Å². The number of amides is 3. The van der Waals surface area contributed by atoms with Gasteiger partial charge in [-0.1, -0.05) is 28.1 Å². The zero-order valence-corrected chi connectivity index (χ0v) is 17.3. The first-order valence-electron chi connectivity index (χ1n) is 8.97. The highest BCUT2D eigenvalue weighted by molar-refractivity contribution is 9.10. The van der Waals surface area contributed by atoms with Gasteiger partial charge in [0.2, 0.25) is 5.91 Å². The van der Waals surface area contributed by atoms with Crippen LogP contribution in [0.1, 0.15) is 12.0 Å². The van der Waals surface area contributed by atoms with Crippen LogP contribution < -0.4 is 9.64 Å². The molecular weight excluding hydrogens is 422 g/mol. The van der Waals surface area contributed by atoms with Gasteiger partial charge in [-0.05, 0) is 35.9 Å². The summed E-state index contributed by atoms with van der Waals surface area (Å²) in [6.07, 6.45) is 2.24. The van der Waals surface area contributed by atoms with Crippen molar-refractivity contribution >= 4 is 44.5 Å². The third-order valence-electron chi connectivity index (χ3n) is 5.03. The Morgan fingerprint density at radius 3 is 2.57 bits per heavy atom. The maximum Gasteiger partial charge on any atom is 0.331 e. The Balaban J connectivity index is 1.64. The standard InChI is InChI=1S/C21H20BrN3O3/c1-23-13-19(17-8-5-15(22)11-18(17)23)24-10-9-20(26)25(21(24)27)12-14-3-6-16(28-2)7-4-14/h3-8,11,13H,9-10,12H2,1-2H3. The largest absolute Gasteiger partial charge is 0.497 e. The summed E-state index contributed by atoms with van der Waals surface area (Å²) >= 11 is 3.49. The molecule has 1 aromatic heterocycles. The van der Waals surface area contributed by atoms with Crippen LogP contribution in [0, 0.1) is 0 Å². The van der Waals surface area contributed by atoms with E-state index in [1.54, 1.807) is 12.0 Å². The number of benzene rings is 2. The number of rotatable bonds is 4. The van der Waals surface area contributed by atoms with E-state index in [-0.39, 0.29) is 18.5 Å². The van der Waals surface area contributed by atoms with Crippen LogP contribution in [0.4, 0.5) is 10.5 Å². The fraction of sp³-hybridized carbons (Fsp3) is 0.238. The van der Waals surface area contributed by atoms with Gasteiger partial charge in [-0.25, -0.2) is 4.79 Å². The molecule has 1 aliphatic heterocycles. The molecule has 7 heteroatoms. The Bertz CT molecular complexity index is 1060. The highest BCUT2D eigenvalue weighted by Gasteiger charge is 2.34. The predicted molar refractivity (Wildman–Crippen MR) is 112 cm³/mol. The highest BCUT2D eigenvalue weighted by atomic mass is 79.9. The van der Waals surface area contributed by atoms with Crippen LogP contribution in [0.5, 0.6) is 5.75 Å². The van der Waals surface area contributed by atoms with Crippen LogP contribution in [-0.4, -0.2) is 35.1 Å². The number of nitrogens with zero attached hydrogens (tertiary/aromatic N) is 3. The second kappa shape index (κ2) is 7.31. The second-order valence-electron chi connectivity index (χ2n) is 6.80. The van der Waals surface area contributed by atoms with E-state index in [1.807, 2.05) is 60.3 Å². The Hall–Kier alpha value is -2.80. The molecule has 1 aliphatic rings. The average Bonchev–Trinajstić information content (AvgIpc) is 3.01.